The van der Waals surface area contributed by atoms with Crippen LogP contribution in [0.3, 0.4) is 0 Å². The maximum atomic E-state index is 3.46. The van der Waals surface area contributed by atoms with E-state index in [1.54, 1.807) is 5.56 Å². The predicted octanol–water partition coefficient (Wildman–Crippen LogP) is 3.35. The normalized spacial score (nSPS) is 28.1. The number of piperazine rings is 1. The van der Waals surface area contributed by atoms with Crippen molar-refractivity contribution in [3.8, 4) is 0 Å². The molecule has 1 saturated heterocycles. The standard InChI is InChI=1S/C18H28N2/c1-14(2)15-3-5-16(6-4-15)17-7-8-18(13-17)20-11-9-19-10-12-20/h3-6,14,17-19H,7-13H2,1-2H3. The van der Waals surface area contributed by atoms with Crippen LogP contribution in [0.1, 0.15) is 56.1 Å². The Labute approximate surface area is 123 Å². The third-order valence-corrected chi connectivity index (χ3v) is 5.15. The molecule has 2 heteroatoms. The molecule has 110 valence electrons. The van der Waals surface area contributed by atoms with Gasteiger partial charge in [-0.25, -0.2) is 0 Å². The summed E-state index contributed by atoms with van der Waals surface area (Å²) in [5, 5.41) is 3.46. The van der Waals surface area contributed by atoms with Crippen LogP contribution in [0.25, 0.3) is 0 Å². The summed E-state index contributed by atoms with van der Waals surface area (Å²) in [4.78, 5) is 2.71. The van der Waals surface area contributed by atoms with Gasteiger partial charge in [0.2, 0.25) is 0 Å². The van der Waals surface area contributed by atoms with Crippen LogP contribution in [0.4, 0.5) is 0 Å². The van der Waals surface area contributed by atoms with Crippen molar-refractivity contribution < 1.29 is 0 Å². The second-order valence-electron chi connectivity index (χ2n) is 6.77. The molecule has 3 rings (SSSR count). The molecule has 2 fully saturated rings. The molecular weight excluding hydrogens is 244 g/mol. The van der Waals surface area contributed by atoms with Gasteiger partial charge in [0.05, 0.1) is 0 Å². The number of nitrogens with zero attached hydrogens (tertiary/aromatic N) is 1. The van der Waals surface area contributed by atoms with E-state index in [1.807, 2.05) is 0 Å². The zero-order valence-electron chi connectivity index (χ0n) is 12.9. The topological polar surface area (TPSA) is 15.3 Å². The Balaban J connectivity index is 1.61. The van der Waals surface area contributed by atoms with E-state index in [-0.39, 0.29) is 0 Å². The summed E-state index contributed by atoms with van der Waals surface area (Å²) in [5.74, 6) is 1.43. The molecule has 0 spiro atoms. The summed E-state index contributed by atoms with van der Waals surface area (Å²) >= 11 is 0. The number of hydrogen-bond acceptors (Lipinski definition) is 2. The zero-order valence-corrected chi connectivity index (χ0v) is 12.9. The van der Waals surface area contributed by atoms with E-state index in [0.717, 1.165) is 12.0 Å². The van der Waals surface area contributed by atoms with Crippen LogP contribution < -0.4 is 5.32 Å². The highest BCUT2D eigenvalue weighted by Crippen LogP contribution is 2.37. The maximum Gasteiger partial charge on any atom is 0.0110 e. The zero-order chi connectivity index (χ0) is 13.9. The Morgan fingerprint density at radius 2 is 1.75 bits per heavy atom. The van der Waals surface area contributed by atoms with Crippen LogP contribution in [0, 0.1) is 0 Å². The fourth-order valence-electron chi connectivity index (χ4n) is 3.79. The molecule has 0 radical (unpaired) electrons. The smallest absolute Gasteiger partial charge is 0.0110 e. The van der Waals surface area contributed by atoms with E-state index >= 15 is 0 Å². The Kier molecular flexibility index (Phi) is 4.42. The van der Waals surface area contributed by atoms with Gasteiger partial charge < -0.3 is 5.32 Å². The molecule has 2 unspecified atom stereocenters. The molecule has 1 aliphatic heterocycles. The molecule has 1 aliphatic carbocycles. The Morgan fingerprint density at radius 1 is 1.05 bits per heavy atom. The maximum absolute atomic E-state index is 3.46. The molecule has 0 aromatic heterocycles. The highest BCUT2D eigenvalue weighted by Gasteiger charge is 2.30. The average molecular weight is 272 g/mol. The first kappa shape index (κ1) is 14.1. The number of benzene rings is 1. The molecule has 0 amide bonds. The first-order valence-electron chi connectivity index (χ1n) is 8.28. The molecule has 0 bridgehead atoms. The molecular formula is C18H28N2. The van der Waals surface area contributed by atoms with E-state index in [1.165, 1.54) is 51.0 Å². The van der Waals surface area contributed by atoms with Crippen molar-refractivity contribution in [1.82, 2.24) is 10.2 Å². The van der Waals surface area contributed by atoms with E-state index in [0.29, 0.717) is 5.92 Å². The van der Waals surface area contributed by atoms with Crippen LogP contribution in [0.2, 0.25) is 0 Å². The lowest BCUT2D eigenvalue weighted by atomic mass is 9.94. The highest BCUT2D eigenvalue weighted by atomic mass is 15.2. The Bertz CT molecular complexity index is 418. The molecule has 1 aromatic rings. The van der Waals surface area contributed by atoms with Crippen molar-refractivity contribution >= 4 is 0 Å². The Hall–Kier alpha value is -0.860. The largest absolute Gasteiger partial charge is 0.314 e. The highest BCUT2D eigenvalue weighted by molar-refractivity contribution is 5.28. The number of hydrogen-bond donors (Lipinski definition) is 1. The summed E-state index contributed by atoms with van der Waals surface area (Å²) in [7, 11) is 0. The minimum absolute atomic E-state index is 0.640. The summed E-state index contributed by atoms with van der Waals surface area (Å²) in [6.07, 6.45) is 4.12. The minimum Gasteiger partial charge on any atom is -0.314 e. The van der Waals surface area contributed by atoms with Gasteiger partial charge in [-0.15, -0.1) is 0 Å². The van der Waals surface area contributed by atoms with Gasteiger partial charge in [-0.05, 0) is 42.2 Å². The third-order valence-electron chi connectivity index (χ3n) is 5.15. The van der Waals surface area contributed by atoms with Crippen LogP contribution in [0.5, 0.6) is 0 Å². The summed E-state index contributed by atoms with van der Waals surface area (Å²) < 4.78 is 0. The second-order valence-corrected chi connectivity index (χ2v) is 6.77. The van der Waals surface area contributed by atoms with Crippen LogP contribution in [-0.4, -0.2) is 37.1 Å². The predicted molar refractivity (Wildman–Crippen MR) is 85.4 cm³/mol. The summed E-state index contributed by atoms with van der Waals surface area (Å²) in [6.45, 7) is 9.36. The van der Waals surface area contributed by atoms with Gasteiger partial charge in [0.25, 0.3) is 0 Å². The first-order chi connectivity index (χ1) is 9.74. The lowest BCUT2D eigenvalue weighted by molar-refractivity contribution is 0.174. The molecule has 1 saturated carbocycles. The average Bonchev–Trinajstić information content (AvgIpc) is 2.98. The lowest BCUT2D eigenvalue weighted by Crippen LogP contribution is -2.47. The molecule has 2 nitrogen and oxygen atoms in total. The minimum atomic E-state index is 0.640. The van der Waals surface area contributed by atoms with Crippen LogP contribution >= 0.6 is 0 Å². The van der Waals surface area contributed by atoms with Crippen molar-refractivity contribution in [2.75, 3.05) is 26.2 Å². The molecule has 1 aromatic carbocycles. The van der Waals surface area contributed by atoms with E-state index in [2.05, 4.69) is 48.3 Å². The molecule has 2 atom stereocenters. The summed E-state index contributed by atoms with van der Waals surface area (Å²) in [6, 6.07) is 10.2. The van der Waals surface area contributed by atoms with Gasteiger partial charge in [0.15, 0.2) is 0 Å². The fraction of sp³-hybridized carbons (Fsp3) is 0.667. The van der Waals surface area contributed by atoms with Crippen LogP contribution in [0.15, 0.2) is 24.3 Å². The number of rotatable bonds is 3. The fourth-order valence-corrected chi connectivity index (χ4v) is 3.79. The van der Waals surface area contributed by atoms with Gasteiger partial charge in [0.1, 0.15) is 0 Å². The third kappa shape index (κ3) is 3.07. The molecule has 20 heavy (non-hydrogen) atoms. The van der Waals surface area contributed by atoms with Gasteiger partial charge in [-0.3, -0.25) is 4.90 Å². The van der Waals surface area contributed by atoms with Gasteiger partial charge in [0, 0.05) is 32.2 Å². The monoisotopic (exact) mass is 272 g/mol. The quantitative estimate of drug-likeness (QED) is 0.908. The SMILES string of the molecule is CC(C)c1ccc(C2CCC(N3CCNCC3)C2)cc1. The summed E-state index contributed by atoms with van der Waals surface area (Å²) in [5.41, 5.74) is 3.03. The van der Waals surface area contributed by atoms with Crippen molar-refractivity contribution in [2.24, 2.45) is 0 Å². The van der Waals surface area contributed by atoms with Crippen molar-refractivity contribution in [1.29, 1.82) is 0 Å². The first-order valence-corrected chi connectivity index (χ1v) is 8.28. The van der Waals surface area contributed by atoms with E-state index in [4.69, 9.17) is 0 Å². The van der Waals surface area contributed by atoms with Crippen molar-refractivity contribution in [2.45, 2.75) is 51.0 Å². The molecule has 2 aliphatic rings. The Morgan fingerprint density at radius 3 is 2.40 bits per heavy atom. The lowest BCUT2D eigenvalue weighted by Gasteiger charge is -2.32. The second kappa shape index (κ2) is 6.28. The van der Waals surface area contributed by atoms with Gasteiger partial charge >= 0.3 is 0 Å². The van der Waals surface area contributed by atoms with Gasteiger partial charge in [-0.1, -0.05) is 38.1 Å². The van der Waals surface area contributed by atoms with E-state index in [9.17, 15) is 0 Å². The van der Waals surface area contributed by atoms with Crippen molar-refractivity contribution in [3.05, 3.63) is 35.4 Å². The van der Waals surface area contributed by atoms with Crippen molar-refractivity contribution in [3.63, 3.8) is 0 Å². The molecule has 1 heterocycles. The molecule has 1 N–H and O–H groups in total. The van der Waals surface area contributed by atoms with Crippen LogP contribution in [-0.2, 0) is 0 Å². The van der Waals surface area contributed by atoms with E-state index < -0.39 is 0 Å². The number of nitrogens with one attached hydrogen (secondary N) is 1. The van der Waals surface area contributed by atoms with Gasteiger partial charge in [-0.2, -0.15) is 0 Å².